The molecule has 2 unspecified atom stereocenters. The molecule has 0 aromatic heterocycles. The lowest BCUT2D eigenvalue weighted by Crippen LogP contribution is -2.43. The van der Waals surface area contributed by atoms with E-state index in [1.54, 1.807) is 5.56 Å². The van der Waals surface area contributed by atoms with Gasteiger partial charge in [-0.1, -0.05) is 17.7 Å². The van der Waals surface area contributed by atoms with E-state index in [0.29, 0.717) is 0 Å². The van der Waals surface area contributed by atoms with E-state index < -0.39 is 0 Å². The largest absolute Gasteiger partial charge is 0.312 e. The van der Waals surface area contributed by atoms with Crippen molar-refractivity contribution in [3.8, 4) is 0 Å². The molecular weight excluding hydrogens is 244 g/mol. The van der Waals surface area contributed by atoms with Crippen LogP contribution in [0.15, 0.2) is 12.1 Å². The molecule has 2 heterocycles. The highest BCUT2D eigenvalue weighted by atomic mass is 15.2. The van der Waals surface area contributed by atoms with Crippen molar-refractivity contribution in [3.63, 3.8) is 0 Å². The van der Waals surface area contributed by atoms with Crippen LogP contribution in [0.25, 0.3) is 0 Å². The number of hydrogen-bond donors (Lipinski definition) is 1. The molecule has 0 amide bonds. The molecule has 20 heavy (non-hydrogen) atoms. The topological polar surface area (TPSA) is 15.3 Å². The summed E-state index contributed by atoms with van der Waals surface area (Å²) >= 11 is 0. The average molecular weight is 272 g/mol. The van der Waals surface area contributed by atoms with Gasteiger partial charge in [0, 0.05) is 18.6 Å². The summed E-state index contributed by atoms with van der Waals surface area (Å²) in [6.07, 6.45) is 5.47. The monoisotopic (exact) mass is 272 g/mol. The lowest BCUT2D eigenvalue weighted by atomic mass is 9.98. The lowest BCUT2D eigenvalue weighted by molar-refractivity contribution is 0.206. The predicted molar refractivity (Wildman–Crippen MR) is 85.1 cm³/mol. The Bertz CT molecular complexity index is 451. The fourth-order valence-corrected chi connectivity index (χ4v) is 4.21. The maximum atomic E-state index is 3.71. The molecule has 3 rings (SSSR count). The van der Waals surface area contributed by atoms with Gasteiger partial charge in [0.15, 0.2) is 0 Å². The lowest BCUT2D eigenvalue weighted by Gasteiger charge is -2.30. The number of rotatable bonds is 3. The maximum Gasteiger partial charge on any atom is 0.0253 e. The Balaban J connectivity index is 1.76. The third-order valence-electron chi connectivity index (χ3n) is 5.18. The molecule has 2 atom stereocenters. The normalized spacial score (nSPS) is 27.4. The Kier molecular flexibility index (Phi) is 4.13. The molecule has 1 N–H and O–H groups in total. The van der Waals surface area contributed by atoms with Crippen LogP contribution in [-0.2, 0) is 6.54 Å². The molecule has 2 saturated heterocycles. The van der Waals surface area contributed by atoms with Gasteiger partial charge in [-0.25, -0.2) is 0 Å². The van der Waals surface area contributed by atoms with E-state index in [1.807, 2.05) is 0 Å². The third kappa shape index (κ3) is 2.77. The first-order valence-electron chi connectivity index (χ1n) is 8.19. The van der Waals surface area contributed by atoms with Crippen molar-refractivity contribution in [1.29, 1.82) is 0 Å². The maximum absolute atomic E-state index is 3.71. The van der Waals surface area contributed by atoms with Crippen LogP contribution >= 0.6 is 0 Å². The Morgan fingerprint density at radius 3 is 2.50 bits per heavy atom. The summed E-state index contributed by atoms with van der Waals surface area (Å²) in [5.74, 6) is 0. The van der Waals surface area contributed by atoms with Crippen LogP contribution in [0, 0.1) is 20.8 Å². The Labute approximate surface area is 123 Å². The molecular formula is C18H28N2. The molecule has 2 nitrogen and oxygen atoms in total. The summed E-state index contributed by atoms with van der Waals surface area (Å²) in [6, 6.07) is 6.17. The minimum atomic E-state index is 0.739. The van der Waals surface area contributed by atoms with Crippen molar-refractivity contribution in [3.05, 3.63) is 34.4 Å². The molecule has 0 aliphatic carbocycles. The van der Waals surface area contributed by atoms with Gasteiger partial charge in [-0.2, -0.15) is 0 Å². The smallest absolute Gasteiger partial charge is 0.0253 e. The first kappa shape index (κ1) is 14.1. The number of benzene rings is 1. The predicted octanol–water partition coefficient (Wildman–Crippen LogP) is 3.33. The fraction of sp³-hybridized carbons (Fsp3) is 0.667. The third-order valence-corrected chi connectivity index (χ3v) is 5.18. The van der Waals surface area contributed by atoms with Crippen LogP contribution in [0.5, 0.6) is 0 Å². The quantitative estimate of drug-likeness (QED) is 0.908. The van der Waals surface area contributed by atoms with Crippen molar-refractivity contribution in [1.82, 2.24) is 10.2 Å². The van der Waals surface area contributed by atoms with Gasteiger partial charge in [-0.05, 0) is 76.2 Å². The number of likely N-dealkylation sites (tertiary alicyclic amines) is 1. The molecule has 0 spiro atoms. The highest BCUT2D eigenvalue weighted by Crippen LogP contribution is 2.28. The second-order valence-corrected chi connectivity index (χ2v) is 6.76. The van der Waals surface area contributed by atoms with Gasteiger partial charge in [0.25, 0.3) is 0 Å². The SMILES string of the molecule is Cc1cc(C)c(CN2CCCC2C2CCCN2)c(C)c1. The molecule has 1 aromatic carbocycles. The number of aryl methyl sites for hydroxylation is 3. The Morgan fingerprint density at radius 1 is 1.10 bits per heavy atom. The first-order valence-corrected chi connectivity index (χ1v) is 8.19. The van der Waals surface area contributed by atoms with Crippen LogP contribution < -0.4 is 5.32 Å². The van der Waals surface area contributed by atoms with Gasteiger partial charge < -0.3 is 5.32 Å². The molecule has 2 fully saturated rings. The zero-order chi connectivity index (χ0) is 14.1. The van der Waals surface area contributed by atoms with Crippen molar-refractivity contribution >= 4 is 0 Å². The van der Waals surface area contributed by atoms with Crippen LogP contribution in [0.2, 0.25) is 0 Å². The highest BCUT2D eigenvalue weighted by molar-refractivity contribution is 5.37. The summed E-state index contributed by atoms with van der Waals surface area (Å²) < 4.78 is 0. The molecule has 2 heteroatoms. The fourth-order valence-electron chi connectivity index (χ4n) is 4.21. The number of nitrogens with zero attached hydrogens (tertiary/aromatic N) is 1. The van der Waals surface area contributed by atoms with Crippen molar-refractivity contribution < 1.29 is 0 Å². The summed E-state index contributed by atoms with van der Waals surface area (Å²) in [4.78, 5) is 2.73. The van der Waals surface area contributed by atoms with Gasteiger partial charge in [-0.3, -0.25) is 4.90 Å². The highest BCUT2D eigenvalue weighted by Gasteiger charge is 2.33. The number of hydrogen-bond acceptors (Lipinski definition) is 2. The summed E-state index contributed by atoms with van der Waals surface area (Å²) in [5.41, 5.74) is 5.87. The van der Waals surface area contributed by atoms with Crippen LogP contribution in [0.4, 0.5) is 0 Å². The summed E-state index contributed by atoms with van der Waals surface area (Å²) in [6.45, 7) is 10.4. The van der Waals surface area contributed by atoms with E-state index in [0.717, 1.165) is 18.6 Å². The van der Waals surface area contributed by atoms with E-state index in [-0.39, 0.29) is 0 Å². The average Bonchev–Trinajstić information content (AvgIpc) is 3.04. The molecule has 0 radical (unpaired) electrons. The van der Waals surface area contributed by atoms with E-state index in [1.165, 1.54) is 55.5 Å². The van der Waals surface area contributed by atoms with Gasteiger partial charge in [0.1, 0.15) is 0 Å². The summed E-state index contributed by atoms with van der Waals surface area (Å²) in [7, 11) is 0. The van der Waals surface area contributed by atoms with E-state index in [2.05, 4.69) is 43.1 Å². The molecule has 1 aromatic rings. The minimum Gasteiger partial charge on any atom is -0.312 e. The molecule has 110 valence electrons. The number of nitrogens with one attached hydrogen (secondary N) is 1. The Morgan fingerprint density at radius 2 is 1.85 bits per heavy atom. The van der Waals surface area contributed by atoms with Crippen molar-refractivity contribution in [2.45, 2.75) is 65.1 Å². The molecule has 0 bridgehead atoms. The second-order valence-electron chi connectivity index (χ2n) is 6.76. The van der Waals surface area contributed by atoms with E-state index in [9.17, 15) is 0 Å². The van der Waals surface area contributed by atoms with Gasteiger partial charge >= 0.3 is 0 Å². The van der Waals surface area contributed by atoms with Gasteiger partial charge in [0.2, 0.25) is 0 Å². The van der Waals surface area contributed by atoms with E-state index >= 15 is 0 Å². The van der Waals surface area contributed by atoms with Crippen molar-refractivity contribution in [2.24, 2.45) is 0 Å². The zero-order valence-corrected chi connectivity index (χ0v) is 13.2. The van der Waals surface area contributed by atoms with Crippen LogP contribution in [-0.4, -0.2) is 30.1 Å². The minimum absolute atomic E-state index is 0.739. The standard InChI is InChI=1S/C18H28N2/c1-13-10-14(2)16(15(3)11-13)12-20-9-5-7-18(20)17-6-4-8-19-17/h10-11,17-19H,4-9,12H2,1-3H3. The van der Waals surface area contributed by atoms with Crippen LogP contribution in [0.3, 0.4) is 0 Å². The molecule has 0 saturated carbocycles. The molecule has 2 aliphatic heterocycles. The Hall–Kier alpha value is -0.860. The first-order chi connectivity index (χ1) is 9.65. The zero-order valence-electron chi connectivity index (χ0n) is 13.2. The van der Waals surface area contributed by atoms with Crippen molar-refractivity contribution in [2.75, 3.05) is 13.1 Å². The van der Waals surface area contributed by atoms with Crippen LogP contribution in [0.1, 0.15) is 47.9 Å². The van der Waals surface area contributed by atoms with Gasteiger partial charge in [-0.15, -0.1) is 0 Å². The van der Waals surface area contributed by atoms with Gasteiger partial charge in [0.05, 0.1) is 0 Å². The van der Waals surface area contributed by atoms with E-state index in [4.69, 9.17) is 0 Å². The second kappa shape index (κ2) is 5.87. The summed E-state index contributed by atoms with van der Waals surface area (Å²) in [5, 5.41) is 3.71. The molecule has 2 aliphatic rings.